The summed E-state index contributed by atoms with van der Waals surface area (Å²) in [6, 6.07) is 29.2. The van der Waals surface area contributed by atoms with E-state index in [0.717, 1.165) is 16.8 Å². The minimum absolute atomic E-state index is 0.289. The molecule has 1 aromatic heterocycles. The predicted octanol–water partition coefficient (Wildman–Crippen LogP) is 6.14. The van der Waals surface area contributed by atoms with Crippen LogP contribution in [0.3, 0.4) is 0 Å². The number of phenolic OH excluding ortho intramolecular Hbond substituents is 1. The number of para-hydroxylation sites is 2. The second-order valence-electron chi connectivity index (χ2n) is 6.80. The fourth-order valence-electron chi connectivity index (χ4n) is 4.37. The van der Waals surface area contributed by atoms with Gasteiger partial charge < -0.3 is 9.67 Å². The minimum Gasteiger partial charge on any atom is -0.508 e. The summed E-state index contributed by atoms with van der Waals surface area (Å²) >= 11 is 0. The van der Waals surface area contributed by atoms with Gasteiger partial charge in [-0.1, -0.05) is 60.7 Å². The number of rotatable bonds is 0. The Balaban J connectivity index is 1.97. The molecule has 0 bridgehead atoms. The van der Waals surface area contributed by atoms with Crippen LogP contribution in [-0.2, 0) is 0 Å². The smallest absolute Gasteiger partial charge is 0.116 e. The van der Waals surface area contributed by atoms with E-state index in [-0.39, 0.29) is 5.75 Å². The first-order valence-corrected chi connectivity index (χ1v) is 8.78. The molecule has 4 aromatic carbocycles. The number of nitrogens with zero attached hydrogens (tertiary/aromatic N) is 1. The van der Waals surface area contributed by atoms with Gasteiger partial charge in [-0.3, -0.25) is 0 Å². The quantitative estimate of drug-likeness (QED) is 0.355. The van der Waals surface area contributed by atoms with Crippen molar-refractivity contribution in [3.05, 3.63) is 84.9 Å². The first-order valence-electron chi connectivity index (χ1n) is 8.78. The van der Waals surface area contributed by atoms with Gasteiger partial charge >= 0.3 is 0 Å². The Labute approximate surface area is 150 Å². The molecule has 122 valence electrons. The SMILES string of the molecule is Oc1ccc2c(c1)-c1ccccc1-c1cccc3c4ccccc4n-2c13. The average Bonchev–Trinajstić information content (AvgIpc) is 2.96. The molecule has 1 N–H and O–H groups in total. The Hall–Kier alpha value is -3.52. The highest BCUT2D eigenvalue weighted by atomic mass is 16.3. The van der Waals surface area contributed by atoms with Gasteiger partial charge in [-0.25, -0.2) is 0 Å². The molecule has 1 aliphatic heterocycles. The first-order chi connectivity index (χ1) is 12.8. The second kappa shape index (κ2) is 4.77. The monoisotopic (exact) mass is 333 g/mol. The van der Waals surface area contributed by atoms with Crippen LogP contribution in [-0.4, -0.2) is 9.67 Å². The highest BCUT2D eigenvalue weighted by Gasteiger charge is 2.23. The van der Waals surface area contributed by atoms with Crippen molar-refractivity contribution in [2.45, 2.75) is 0 Å². The lowest BCUT2D eigenvalue weighted by molar-refractivity contribution is 0.475. The molecule has 0 aliphatic carbocycles. The average molecular weight is 333 g/mol. The maximum atomic E-state index is 10.2. The van der Waals surface area contributed by atoms with Crippen molar-refractivity contribution in [2.75, 3.05) is 0 Å². The van der Waals surface area contributed by atoms with Crippen molar-refractivity contribution < 1.29 is 5.11 Å². The van der Waals surface area contributed by atoms with Crippen molar-refractivity contribution in [3.63, 3.8) is 0 Å². The van der Waals surface area contributed by atoms with Gasteiger partial charge in [-0.2, -0.15) is 0 Å². The molecule has 5 aromatic rings. The molecule has 26 heavy (non-hydrogen) atoms. The Kier molecular flexibility index (Phi) is 2.52. The van der Waals surface area contributed by atoms with Crippen LogP contribution in [0.15, 0.2) is 84.9 Å². The van der Waals surface area contributed by atoms with Gasteiger partial charge in [0.1, 0.15) is 5.75 Å². The summed E-state index contributed by atoms with van der Waals surface area (Å²) in [7, 11) is 0. The van der Waals surface area contributed by atoms with Crippen LogP contribution in [0.1, 0.15) is 0 Å². The maximum Gasteiger partial charge on any atom is 0.116 e. The number of aromatic hydroxyl groups is 1. The van der Waals surface area contributed by atoms with Crippen molar-refractivity contribution in [1.29, 1.82) is 0 Å². The Bertz CT molecular complexity index is 1340. The number of benzene rings is 4. The molecule has 0 fully saturated rings. The van der Waals surface area contributed by atoms with E-state index in [1.807, 2.05) is 12.1 Å². The lowest BCUT2D eigenvalue weighted by Crippen LogP contribution is -1.95. The summed E-state index contributed by atoms with van der Waals surface area (Å²) in [6.07, 6.45) is 0. The fraction of sp³-hybridized carbons (Fsp3) is 0. The van der Waals surface area contributed by atoms with Crippen molar-refractivity contribution in [1.82, 2.24) is 4.57 Å². The van der Waals surface area contributed by atoms with Gasteiger partial charge in [0.25, 0.3) is 0 Å². The second-order valence-corrected chi connectivity index (χ2v) is 6.80. The molecule has 0 atom stereocenters. The zero-order valence-electron chi connectivity index (χ0n) is 14.0. The first kappa shape index (κ1) is 13.7. The third-order valence-electron chi connectivity index (χ3n) is 5.42. The number of hydrogen-bond acceptors (Lipinski definition) is 1. The van der Waals surface area contributed by atoms with E-state index in [1.165, 1.54) is 32.9 Å². The number of fused-ring (bicyclic) bond motifs is 8. The van der Waals surface area contributed by atoms with E-state index in [9.17, 15) is 5.11 Å². The highest BCUT2D eigenvalue weighted by Crippen LogP contribution is 2.46. The van der Waals surface area contributed by atoms with E-state index >= 15 is 0 Å². The van der Waals surface area contributed by atoms with Crippen LogP contribution in [0, 0.1) is 0 Å². The van der Waals surface area contributed by atoms with Crippen LogP contribution < -0.4 is 0 Å². The molecule has 0 radical (unpaired) electrons. The zero-order valence-corrected chi connectivity index (χ0v) is 14.0. The molecular formula is C24H15NO. The molecule has 0 amide bonds. The summed E-state index contributed by atoms with van der Waals surface area (Å²) in [5.41, 5.74) is 8.15. The van der Waals surface area contributed by atoms with E-state index in [4.69, 9.17) is 0 Å². The molecule has 6 rings (SSSR count). The van der Waals surface area contributed by atoms with E-state index in [0.29, 0.717) is 0 Å². The van der Waals surface area contributed by atoms with Gasteiger partial charge in [0, 0.05) is 21.9 Å². The molecule has 0 spiro atoms. The Morgan fingerprint density at radius 3 is 2.15 bits per heavy atom. The summed E-state index contributed by atoms with van der Waals surface area (Å²) in [4.78, 5) is 0. The van der Waals surface area contributed by atoms with Gasteiger partial charge in [0.2, 0.25) is 0 Å². The molecule has 0 saturated carbocycles. The van der Waals surface area contributed by atoms with Gasteiger partial charge in [-0.15, -0.1) is 0 Å². The molecule has 0 saturated heterocycles. The van der Waals surface area contributed by atoms with Crippen LogP contribution in [0.5, 0.6) is 5.75 Å². The van der Waals surface area contributed by atoms with E-state index in [2.05, 4.69) is 71.3 Å². The largest absolute Gasteiger partial charge is 0.508 e. The van der Waals surface area contributed by atoms with Crippen molar-refractivity contribution in [3.8, 4) is 33.7 Å². The van der Waals surface area contributed by atoms with Gasteiger partial charge in [0.05, 0.1) is 16.7 Å². The highest BCUT2D eigenvalue weighted by molar-refractivity contribution is 6.16. The van der Waals surface area contributed by atoms with Crippen LogP contribution in [0.2, 0.25) is 0 Å². The number of hydrogen-bond donors (Lipinski definition) is 1. The topological polar surface area (TPSA) is 25.2 Å². The van der Waals surface area contributed by atoms with Crippen molar-refractivity contribution >= 4 is 21.8 Å². The Morgan fingerprint density at radius 2 is 1.27 bits per heavy atom. The molecule has 2 heteroatoms. The molecular weight excluding hydrogens is 318 g/mol. The third kappa shape index (κ3) is 1.61. The molecule has 2 nitrogen and oxygen atoms in total. The Morgan fingerprint density at radius 1 is 0.577 bits per heavy atom. The summed E-state index contributed by atoms with van der Waals surface area (Å²) in [5, 5.41) is 12.7. The molecule has 2 heterocycles. The molecule has 0 unspecified atom stereocenters. The summed E-state index contributed by atoms with van der Waals surface area (Å²) in [5.74, 6) is 0.289. The van der Waals surface area contributed by atoms with E-state index < -0.39 is 0 Å². The number of aromatic nitrogens is 1. The summed E-state index contributed by atoms with van der Waals surface area (Å²) < 4.78 is 2.34. The fourth-order valence-corrected chi connectivity index (χ4v) is 4.37. The van der Waals surface area contributed by atoms with Gasteiger partial charge in [-0.05, 0) is 35.4 Å². The van der Waals surface area contributed by atoms with Gasteiger partial charge in [0.15, 0.2) is 0 Å². The summed E-state index contributed by atoms with van der Waals surface area (Å²) in [6.45, 7) is 0. The predicted molar refractivity (Wildman–Crippen MR) is 107 cm³/mol. The minimum atomic E-state index is 0.289. The third-order valence-corrected chi connectivity index (χ3v) is 5.42. The van der Waals surface area contributed by atoms with Crippen LogP contribution in [0.4, 0.5) is 0 Å². The lowest BCUT2D eigenvalue weighted by Gasteiger charge is -2.12. The molecule has 1 aliphatic rings. The lowest BCUT2D eigenvalue weighted by atomic mass is 9.93. The standard InChI is InChI=1S/C24H15NO/c26-15-12-13-23-21(14-15)17-7-2-1-6-16(17)19-9-5-10-20-18-8-3-4-11-22(18)25(23)24(19)20/h1-14,26H. The van der Waals surface area contributed by atoms with Crippen LogP contribution >= 0.6 is 0 Å². The van der Waals surface area contributed by atoms with E-state index in [1.54, 1.807) is 6.07 Å². The number of phenols is 1. The normalized spacial score (nSPS) is 12.0. The van der Waals surface area contributed by atoms with Crippen molar-refractivity contribution in [2.24, 2.45) is 0 Å². The van der Waals surface area contributed by atoms with Crippen LogP contribution in [0.25, 0.3) is 49.7 Å². The zero-order chi connectivity index (χ0) is 17.3. The maximum absolute atomic E-state index is 10.2.